The summed E-state index contributed by atoms with van der Waals surface area (Å²) in [5.74, 6) is -0.238. The van der Waals surface area contributed by atoms with E-state index in [1.807, 2.05) is 74.5 Å². The molecule has 1 saturated heterocycles. The van der Waals surface area contributed by atoms with E-state index in [4.69, 9.17) is 0 Å². The Bertz CT molecular complexity index is 1370. The molecule has 1 fully saturated rings. The molecular weight excluding hydrogens is 440 g/mol. The maximum absolute atomic E-state index is 13.1. The molecule has 1 aromatic heterocycles. The van der Waals surface area contributed by atoms with Crippen molar-refractivity contribution in [1.82, 2.24) is 9.47 Å². The minimum atomic E-state index is -0.238. The topological polar surface area (TPSA) is 42.3 Å². The third-order valence-corrected chi connectivity index (χ3v) is 6.67. The van der Waals surface area contributed by atoms with Crippen LogP contribution in [0.3, 0.4) is 0 Å². The largest absolute Gasteiger partial charge is 0.309 e. The Morgan fingerprint density at radius 3 is 1.88 bits per heavy atom. The molecular formula is C29H24N2O2S. The van der Waals surface area contributed by atoms with Crippen LogP contribution >= 0.6 is 11.8 Å². The number of rotatable bonds is 5. The zero-order valence-corrected chi connectivity index (χ0v) is 19.8. The number of amides is 2. The summed E-state index contributed by atoms with van der Waals surface area (Å²) in [5.41, 5.74) is 6.00. The molecule has 0 N–H and O–H groups in total. The molecule has 168 valence electrons. The smallest absolute Gasteiger partial charge is 0.293 e. The summed E-state index contributed by atoms with van der Waals surface area (Å²) >= 11 is 1.00. The van der Waals surface area contributed by atoms with Crippen LogP contribution < -0.4 is 0 Å². The highest BCUT2D eigenvalue weighted by Crippen LogP contribution is 2.40. The molecule has 0 atom stereocenters. The van der Waals surface area contributed by atoms with Crippen LogP contribution in [0.15, 0.2) is 102 Å². The third-order valence-electron chi connectivity index (χ3n) is 5.79. The van der Waals surface area contributed by atoms with Crippen molar-refractivity contribution in [3.8, 4) is 28.2 Å². The summed E-state index contributed by atoms with van der Waals surface area (Å²) in [5, 5.41) is -0.224. The number of carbonyl (C=O) groups excluding carboxylic acids is 2. The van der Waals surface area contributed by atoms with Crippen molar-refractivity contribution in [2.45, 2.75) is 19.9 Å². The lowest BCUT2D eigenvalue weighted by atomic mass is 10.1. The summed E-state index contributed by atoms with van der Waals surface area (Å²) in [6.45, 7) is 3.71. The van der Waals surface area contributed by atoms with Crippen LogP contribution in [0.1, 0.15) is 19.4 Å². The van der Waals surface area contributed by atoms with Gasteiger partial charge in [0.15, 0.2) is 0 Å². The van der Waals surface area contributed by atoms with Gasteiger partial charge in [-0.1, -0.05) is 78.9 Å². The Morgan fingerprint density at radius 1 is 0.765 bits per heavy atom. The average molecular weight is 465 g/mol. The fourth-order valence-corrected chi connectivity index (χ4v) is 5.22. The van der Waals surface area contributed by atoms with Crippen LogP contribution in [0.5, 0.6) is 0 Å². The molecule has 0 bridgehead atoms. The van der Waals surface area contributed by atoms with Crippen molar-refractivity contribution < 1.29 is 9.59 Å². The van der Waals surface area contributed by atoms with Gasteiger partial charge in [-0.15, -0.1) is 0 Å². The molecule has 1 aliphatic heterocycles. The highest BCUT2D eigenvalue weighted by molar-refractivity contribution is 8.18. The number of thioether (sulfide) groups is 1. The van der Waals surface area contributed by atoms with Crippen LogP contribution in [0.2, 0.25) is 0 Å². The molecule has 5 rings (SSSR count). The zero-order chi connectivity index (χ0) is 23.7. The first kappa shape index (κ1) is 22.0. The minimum Gasteiger partial charge on any atom is -0.309 e. The number of carbonyl (C=O) groups is 2. The van der Waals surface area contributed by atoms with Crippen molar-refractivity contribution in [2.75, 3.05) is 0 Å². The Hall–Kier alpha value is -3.83. The van der Waals surface area contributed by atoms with E-state index in [-0.39, 0.29) is 17.2 Å². The molecule has 3 aromatic carbocycles. The second-order valence-electron chi connectivity index (χ2n) is 8.38. The van der Waals surface area contributed by atoms with Gasteiger partial charge in [-0.2, -0.15) is 0 Å². The second-order valence-corrected chi connectivity index (χ2v) is 9.38. The molecule has 4 nitrogen and oxygen atoms in total. The van der Waals surface area contributed by atoms with Gasteiger partial charge in [-0.3, -0.25) is 14.5 Å². The van der Waals surface area contributed by atoms with E-state index >= 15 is 0 Å². The summed E-state index contributed by atoms with van der Waals surface area (Å²) in [4.78, 5) is 27.3. The van der Waals surface area contributed by atoms with E-state index in [9.17, 15) is 9.59 Å². The first-order chi connectivity index (χ1) is 16.5. The SMILES string of the molecule is CC(C)N1C(=O)SC(=Cc2cc(-c3ccccc3)n(-c3ccccc3)c2-c2ccccc2)C1=O. The summed E-state index contributed by atoms with van der Waals surface area (Å²) in [7, 11) is 0. The summed E-state index contributed by atoms with van der Waals surface area (Å²) in [6, 6.07) is 32.5. The molecule has 0 radical (unpaired) electrons. The van der Waals surface area contributed by atoms with Gasteiger partial charge >= 0.3 is 0 Å². The Balaban J connectivity index is 1.78. The zero-order valence-electron chi connectivity index (χ0n) is 19.0. The standard InChI is InChI=1S/C29H24N2O2S/c1-20(2)30-28(32)26(34-29(30)33)19-23-18-25(21-12-6-3-7-13-21)31(24-16-10-5-11-17-24)27(23)22-14-8-4-9-15-22/h3-20H,1-2H3. The summed E-state index contributed by atoms with van der Waals surface area (Å²) in [6.07, 6.45) is 1.86. The van der Waals surface area contributed by atoms with Crippen molar-refractivity contribution in [3.05, 3.63) is 108 Å². The first-order valence-electron chi connectivity index (χ1n) is 11.2. The lowest BCUT2D eigenvalue weighted by Gasteiger charge is -2.16. The average Bonchev–Trinajstić information content (AvgIpc) is 3.37. The third kappa shape index (κ3) is 3.99. The molecule has 0 aliphatic carbocycles. The van der Waals surface area contributed by atoms with Crippen molar-refractivity contribution in [1.29, 1.82) is 0 Å². The Morgan fingerprint density at radius 2 is 1.32 bits per heavy atom. The monoisotopic (exact) mass is 464 g/mol. The van der Waals surface area contributed by atoms with Crippen LogP contribution in [0.25, 0.3) is 34.3 Å². The van der Waals surface area contributed by atoms with Gasteiger partial charge in [0.1, 0.15) is 0 Å². The number of aromatic nitrogens is 1. The van der Waals surface area contributed by atoms with Crippen molar-refractivity contribution in [2.24, 2.45) is 0 Å². The predicted octanol–water partition coefficient (Wildman–Crippen LogP) is 7.26. The predicted molar refractivity (Wildman–Crippen MR) is 140 cm³/mol. The number of hydrogen-bond acceptors (Lipinski definition) is 3. The van der Waals surface area contributed by atoms with Gasteiger partial charge in [0.25, 0.3) is 11.1 Å². The summed E-state index contributed by atoms with van der Waals surface area (Å²) < 4.78 is 2.23. The van der Waals surface area contributed by atoms with Crippen LogP contribution in [0.4, 0.5) is 4.79 Å². The number of para-hydroxylation sites is 1. The quantitative estimate of drug-likeness (QED) is 0.292. The number of nitrogens with zero attached hydrogens (tertiary/aromatic N) is 2. The van der Waals surface area contributed by atoms with Gasteiger partial charge in [0.2, 0.25) is 0 Å². The number of benzene rings is 3. The highest BCUT2D eigenvalue weighted by Gasteiger charge is 2.37. The van der Waals surface area contributed by atoms with Gasteiger partial charge in [-0.05, 0) is 61.0 Å². The molecule has 5 heteroatoms. The molecule has 2 heterocycles. The van der Waals surface area contributed by atoms with E-state index in [1.54, 1.807) is 0 Å². The fraction of sp³-hybridized carbons (Fsp3) is 0.103. The van der Waals surface area contributed by atoms with Crippen molar-refractivity contribution >= 4 is 29.0 Å². The first-order valence-corrected chi connectivity index (χ1v) is 12.1. The maximum Gasteiger partial charge on any atom is 0.293 e. The normalized spacial score (nSPS) is 15.0. The molecule has 0 spiro atoms. The molecule has 0 saturated carbocycles. The van der Waals surface area contributed by atoms with Crippen LogP contribution in [-0.4, -0.2) is 26.7 Å². The van der Waals surface area contributed by atoms with Gasteiger partial charge < -0.3 is 4.57 Å². The Labute approximate surface area is 203 Å². The lowest BCUT2D eigenvalue weighted by Crippen LogP contribution is -2.34. The van der Waals surface area contributed by atoms with Crippen LogP contribution in [0, 0.1) is 0 Å². The Kier molecular flexibility index (Phi) is 5.95. The number of imide groups is 1. The van der Waals surface area contributed by atoms with Gasteiger partial charge in [-0.25, -0.2) is 0 Å². The molecule has 0 unspecified atom stereocenters. The molecule has 2 amide bonds. The highest BCUT2D eigenvalue weighted by atomic mass is 32.2. The minimum absolute atomic E-state index is 0.180. The van der Waals surface area contributed by atoms with Crippen LogP contribution in [-0.2, 0) is 4.79 Å². The van der Waals surface area contributed by atoms with E-state index < -0.39 is 0 Å². The molecule has 4 aromatic rings. The van der Waals surface area contributed by atoms with E-state index in [2.05, 4.69) is 47.0 Å². The van der Waals surface area contributed by atoms with E-state index in [0.717, 1.165) is 45.5 Å². The lowest BCUT2D eigenvalue weighted by molar-refractivity contribution is -0.123. The maximum atomic E-state index is 13.1. The van der Waals surface area contributed by atoms with Crippen molar-refractivity contribution in [3.63, 3.8) is 0 Å². The fourth-order valence-electron chi connectivity index (χ4n) is 4.26. The number of hydrogen-bond donors (Lipinski definition) is 0. The van der Waals surface area contributed by atoms with E-state index in [1.165, 1.54) is 4.90 Å². The van der Waals surface area contributed by atoms with Gasteiger partial charge in [0.05, 0.1) is 16.3 Å². The molecule has 34 heavy (non-hydrogen) atoms. The molecule has 1 aliphatic rings. The second kappa shape index (κ2) is 9.20. The van der Waals surface area contributed by atoms with E-state index in [0.29, 0.717) is 4.91 Å². The van der Waals surface area contributed by atoms with Gasteiger partial charge in [0, 0.05) is 17.3 Å².